The summed E-state index contributed by atoms with van der Waals surface area (Å²) in [4.78, 5) is 0. The highest BCUT2D eigenvalue weighted by molar-refractivity contribution is 7.15. The molecule has 1 heterocycles. The molecule has 0 aliphatic rings. The van der Waals surface area contributed by atoms with Gasteiger partial charge in [0.05, 0.1) is 13.7 Å². The van der Waals surface area contributed by atoms with E-state index in [0.29, 0.717) is 13.2 Å². The Hall–Kier alpha value is -1.66. The molecule has 2 aromatic rings. The molecular weight excluding hydrogens is 262 g/mol. The summed E-state index contributed by atoms with van der Waals surface area (Å²) >= 11 is 1.52. The number of aromatic nitrogens is 2. The predicted octanol–water partition coefficient (Wildman–Crippen LogP) is 2.70. The summed E-state index contributed by atoms with van der Waals surface area (Å²) in [6.45, 7) is 3.91. The molecule has 0 aliphatic heterocycles. The zero-order chi connectivity index (χ0) is 13.5. The van der Waals surface area contributed by atoms with Gasteiger partial charge in [-0.1, -0.05) is 23.5 Å². The second kappa shape index (κ2) is 7.06. The number of methoxy groups -OCH3 is 1. The Morgan fingerprint density at radius 1 is 1.16 bits per heavy atom. The fourth-order valence-corrected chi connectivity index (χ4v) is 2.26. The first-order valence-electron chi connectivity index (χ1n) is 6.08. The standard InChI is InChI=1S/C13H17N3O2S/c1-3-14-13-16-15-12(19-13)9-18-8-10-4-6-11(17-2)7-5-10/h4-7H,3,8-9H2,1-2H3,(H,14,16). The highest BCUT2D eigenvalue weighted by Gasteiger charge is 2.03. The van der Waals surface area contributed by atoms with Crippen LogP contribution in [0.5, 0.6) is 5.75 Å². The molecule has 19 heavy (non-hydrogen) atoms. The van der Waals surface area contributed by atoms with E-state index in [2.05, 4.69) is 15.5 Å². The van der Waals surface area contributed by atoms with Crippen LogP contribution in [0.15, 0.2) is 24.3 Å². The predicted molar refractivity (Wildman–Crippen MR) is 75.6 cm³/mol. The SMILES string of the molecule is CCNc1nnc(COCc2ccc(OC)cc2)s1. The molecule has 2 rings (SSSR count). The average Bonchev–Trinajstić information content (AvgIpc) is 2.88. The van der Waals surface area contributed by atoms with Crippen LogP contribution >= 0.6 is 11.3 Å². The molecular formula is C13H17N3O2S. The molecule has 1 aromatic heterocycles. The van der Waals surface area contributed by atoms with Gasteiger partial charge < -0.3 is 14.8 Å². The highest BCUT2D eigenvalue weighted by atomic mass is 32.1. The van der Waals surface area contributed by atoms with Crippen LogP contribution in [0.2, 0.25) is 0 Å². The summed E-state index contributed by atoms with van der Waals surface area (Å²) in [6, 6.07) is 7.83. The van der Waals surface area contributed by atoms with Gasteiger partial charge >= 0.3 is 0 Å². The fraction of sp³-hybridized carbons (Fsp3) is 0.385. The maximum Gasteiger partial charge on any atom is 0.205 e. The first-order valence-corrected chi connectivity index (χ1v) is 6.90. The molecule has 0 atom stereocenters. The molecule has 1 aromatic carbocycles. The Morgan fingerprint density at radius 2 is 1.95 bits per heavy atom. The van der Waals surface area contributed by atoms with Crippen molar-refractivity contribution in [1.29, 1.82) is 0 Å². The number of nitrogens with one attached hydrogen (secondary N) is 1. The Labute approximate surface area is 116 Å². The monoisotopic (exact) mass is 279 g/mol. The van der Waals surface area contributed by atoms with Gasteiger partial charge in [0, 0.05) is 6.54 Å². The van der Waals surface area contributed by atoms with E-state index >= 15 is 0 Å². The van der Waals surface area contributed by atoms with E-state index in [1.165, 1.54) is 11.3 Å². The minimum absolute atomic E-state index is 0.481. The summed E-state index contributed by atoms with van der Waals surface area (Å²) in [5.41, 5.74) is 1.11. The second-order valence-corrected chi connectivity index (χ2v) is 4.93. The van der Waals surface area contributed by atoms with Gasteiger partial charge in [0.1, 0.15) is 17.4 Å². The first kappa shape index (κ1) is 13.8. The van der Waals surface area contributed by atoms with Crippen LogP contribution in [0, 0.1) is 0 Å². The molecule has 0 aliphatic carbocycles. The summed E-state index contributed by atoms with van der Waals surface area (Å²) in [7, 11) is 1.66. The van der Waals surface area contributed by atoms with Gasteiger partial charge in [-0.25, -0.2) is 0 Å². The van der Waals surface area contributed by atoms with Crippen LogP contribution in [0.4, 0.5) is 5.13 Å². The molecule has 0 spiro atoms. The molecule has 0 saturated carbocycles. The van der Waals surface area contributed by atoms with E-state index in [9.17, 15) is 0 Å². The summed E-state index contributed by atoms with van der Waals surface area (Å²) in [5, 5.41) is 12.9. The lowest BCUT2D eigenvalue weighted by Gasteiger charge is -2.03. The summed E-state index contributed by atoms with van der Waals surface area (Å²) < 4.78 is 10.7. The Bertz CT molecular complexity index is 499. The van der Waals surface area contributed by atoms with E-state index in [4.69, 9.17) is 9.47 Å². The first-order chi connectivity index (χ1) is 9.31. The van der Waals surface area contributed by atoms with Gasteiger partial charge in [-0.3, -0.25) is 0 Å². The van der Waals surface area contributed by atoms with Crippen LogP contribution in [-0.2, 0) is 18.0 Å². The number of anilines is 1. The Kier molecular flexibility index (Phi) is 5.11. The van der Waals surface area contributed by atoms with Crippen molar-refractivity contribution in [2.45, 2.75) is 20.1 Å². The van der Waals surface area contributed by atoms with E-state index in [1.807, 2.05) is 31.2 Å². The lowest BCUT2D eigenvalue weighted by Crippen LogP contribution is -1.94. The molecule has 0 fully saturated rings. The quantitative estimate of drug-likeness (QED) is 0.844. The van der Waals surface area contributed by atoms with Crippen molar-refractivity contribution in [2.75, 3.05) is 19.0 Å². The van der Waals surface area contributed by atoms with E-state index in [1.54, 1.807) is 7.11 Å². The minimum Gasteiger partial charge on any atom is -0.497 e. The van der Waals surface area contributed by atoms with Crippen molar-refractivity contribution in [2.24, 2.45) is 0 Å². The maximum absolute atomic E-state index is 5.61. The van der Waals surface area contributed by atoms with Crippen molar-refractivity contribution in [3.63, 3.8) is 0 Å². The summed E-state index contributed by atoms with van der Waals surface area (Å²) in [5.74, 6) is 0.850. The summed E-state index contributed by atoms with van der Waals surface area (Å²) in [6.07, 6.45) is 0. The van der Waals surface area contributed by atoms with Crippen molar-refractivity contribution in [1.82, 2.24) is 10.2 Å². The third kappa shape index (κ3) is 4.18. The van der Waals surface area contributed by atoms with Crippen LogP contribution < -0.4 is 10.1 Å². The lowest BCUT2D eigenvalue weighted by molar-refractivity contribution is 0.106. The van der Waals surface area contributed by atoms with E-state index in [0.717, 1.165) is 28.0 Å². The topological polar surface area (TPSA) is 56.3 Å². The molecule has 0 amide bonds. The molecule has 5 nitrogen and oxygen atoms in total. The normalized spacial score (nSPS) is 10.4. The number of hydrogen-bond donors (Lipinski definition) is 1. The molecule has 0 radical (unpaired) electrons. The van der Waals surface area contributed by atoms with Crippen LogP contribution in [0.3, 0.4) is 0 Å². The van der Waals surface area contributed by atoms with Crippen LogP contribution in [0.1, 0.15) is 17.5 Å². The van der Waals surface area contributed by atoms with E-state index in [-0.39, 0.29) is 0 Å². The molecule has 6 heteroatoms. The van der Waals surface area contributed by atoms with Gasteiger partial charge in [-0.15, -0.1) is 10.2 Å². The van der Waals surface area contributed by atoms with Gasteiger partial charge in [0.25, 0.3) is 0 Å². The van der Waals surface area contributed by atoms with Gasteiger partial charge in [-0.05, 0) is 24.6 Å². The third-order valence-corrected chi connectivity index (χ3v) is 3.30. The van der Waals surface area contributed by atoms with Crippen molar-refractivity contribution < 1.29 is 9.47 Å². The van der Waals surface area contributed by atoms with Gasteiger partial charge in [0.2, 0.25) is 5.13 Å². The molecule has 0 saturated heterocycles. The van der Waals surface area contributed by atoms with Crippen LogP contribution in [-0.4, -0.2) is 23.9 Å². The minimum atomic E-state index is 0.481. The van der Waals surface area contributed by atoms with Gasteiger partial charge in [-0.2, -0.15) is 0 Å². The number of benzene rings is 1. The number of hydrogen-bond acceptors (Lipinski definition) is 6. The largest absolute Gasteiger partial charge is 0.497 e. The van der Waals surface area contributed by atoms with Gasteiger partial charge in [0.15, 0.2) is 0 Å². The Balaban J connectivity index is 1.78. The van der Waals surface area contributed by atoms with Crippen molar-refractivity contribution >= 4 is 16.5 Å². The molecule has 102 valence electrons. The molecule has 0 unspecified atom stereocenters. The third-order valence-electron chi connectivity index (χ3n) is 2.45. The molecule has 0 bridgehead atoms. The van der Waals surface area contributed by atoms with Crippen LogP contribution in [0.25, 0.3) is 0 Å². The smallest absolute Gasteiger partial charge is 0.205 e. The highest BCUT2D eigenvalue weighted by Crippen LogP contribution is 2.17. The number of nitrogens with zero attached hydrogens (tertiary/aromatic N) is 2. The van der Waals surface area contributed by atoms with Crippen molar-refractivity contribution in [3.8, 4) is 5.75 Å². The average molecular weight is 279 g/mol. The maximum atomic E-state index is 5.61. The Morgan fingerprint density at radius 3 is 2.63 bits per heavy atom. The lowest BCUT2D eigenvalue weighted by atomic mass is 10.2. The molecule has 1 N–H and O–H groups in total. The number of rotatable bonds is 7. The number of ether oxygens (including phenoxy) is 2. The zero-order valence-electron chi connectivity index (χ0n) is 11.0. The zero-order valence-corrected chi connectivity index (χ0v) is 11.9. The fourth-order valence-electron chi connectivity index (χ4n) is 1.51. The van der Waals surface area contributed by atoms with Crippen molar-refractivity contribution in [3.05, 3.63) is 34.8 Å². The van der Waals surface area contributed by atoms with E-state index < -0.39 is 0 Å². The second-order valence-electron chi connectivity index (χ2n) is 3.87.